The van der Waals surface area contributed by atoms with Crippen LogP contribution in [0.4, 0.5) is 0 Å². The second-order valence-corrected chi connectivity index (χ2v) is 32.8. The van der Waals surface area contributed by atoms with Crippen LogP contribution in [0.15, 0.2) is 71.0 Å². The van der Waals surface area contributed by atoms with E-state index in [9.17, 15) is 15.3 Å². The molecule has 6 spiro atoms. The Balaban J connectivity index is 0.825. The lowest BCUT2D eigenvalue weighted by Crippen LogP contribution is -2.82. The number of hydrogen-bond acceptors (Lipinski definition) is 13. The van der Waals surface area contributed by atoms with Gasteiger partial charge < -0.3 is 43.6 Å². The standard InChI is InChI=1S/C72H90N2O11/c1-64-34-49-50-15-16-54-66(21-6-7-22-66)25-26-67(54)24-18-44-32-45-17-23-65(2)57-55(77)59(78)70(43-12-8-11-40(30-43)29-39-9-4-3-5-10-39,56(49)68(57)37-82-62(79)58(69(44,50)67)71(45,68)85-65)72(64)61(84-72)63(80)83-60(64)47-20-28-81-53(47)33-48(52(76)36-75)41-13-14-46-42(31-41)19-27-74-38-73-35-51(46)74/h3-5,9-10,17,19-20,27-28,40-44,46,48-52,54,56-61,73,75-76,78H,6-8,11-16,18,21-26,29-38H2,1-2H3/t40-,41+,42+,43-,44+,46-,48-,49-,50-,51-,52+,54-,56+,57+,58-,59+,60-,61+,64-,65-,67+,68+,69-,70-,71-,72+/m0/s1. The van der Waals surface area contributed by atoms with Gasteiger partial charge in [0.2, 0.25) is 0 Å². The number of hydrogen-bond donors (Lipinski definition) is 4. The third-order valence-corrected chi connectivity index (χ3v) is 30.9. The first-order chi connectivity index (χ1) is 41.2. The predicted molar refractivity (Wildman–Crippen MR) is 310 cm³/mol. The van der Waals surface area contributed by atoms with E-state index < -0.39 is 80.7 Å². The summed E-state index contributed by atoms with van der Waals surface area (Å²) in [6.07, 6.45) is 25.8. The Labute approximate surface area is 500 Å². The summed E-state index contributed by atoms with van der Waals surface area (Å²) < 4.78 is 37.0. The third kappa shape index (κ3) is 5.85. The molecular weight excluding hydrogens is 1070 g/mol. The number of nitrogens with zero attached hydrogens (tertiary/aromatic N) is 1. The highest BCUT2D eigenvalue weighted by Crippen LogP contribution is 2.94. The van der Waals surface area contributed by atoms with Gasteiger partial charge in [-0.3, -0.25) is 14.9 Å². The van der Waals surface area contributed by atoms with E-state index in [2.05, 4.69) is 72.7 Å². The number of Topliss-reactive ketones (excluding diaryl/α,β-unsaturated/α-hetero) is 1. The number of fused-ring (bicyclic) bond motifs is 7. The minimum absolute atomic E-state index is 0.0568. The lowest BCUT2D eigenvalue weighted by atomic mass is 9.29. The number of aliphatic hydroxyl groups is 3. The molecule has 13 nitrogen and oxygen atoms in total. The van der Waals surface area contributed by atoms with E-state index in [1.165, 1.54) is 43.2 Å². The maximum atomic E-state index is 17.2. The Bertz CT molecular complexity index is 3240. The van der Waals surface area contributed by atoms with E-state index in [0.29, 0.717) is 48.8 Å². The molecule has 26 atom stereocenters. The van der Waals surface area contributed by atoms with Crippen molar-refractivity contribution in [1.82, 2.24) is 10.2 Å². The maximum absolute atomic E-state index is 17.2. The smallest absolute Gasteiger partial charge is 0.339 e. The average Bonchev–Trinajstić information content (AvgIpc) is 1.43. The molecular formula is C72H90N2O11. The number of carbonyl (C=O) groups is 3. The van der Waals surface area contributed by atoms with Crippen LogP contribution in [-0.4, -0.2) is 106 Å². The zero-order chi connectivity index (χ0) is 57.2. The van der Waals surface area contributed by atoms with Crippen molar-refractivity contribution >= 4 is 17.7 Å². The highest BCUT2D eigenvalue weighted by Gasteiger charge is 3.00. The minimum Gasteiger partial charge on any atom is -0.469 e. The zero-order valence-corrected chi connectivity index (χ0v) is 50.1. The number of carbonyl (C=O) groups excluding carboxylic acids is 3. The fourth-order valence-corrected chi connectivity index (χ4v) is 29.1. The molecule has 4 N–H and O–H groups in total. The summed E-state index contributed by atoms with van der Waals surface area (Å²) in [6, 6.07) is 13.3. The molecule has 85 heavy (non-hydrogen) atoms. The molecule has 5 bridgehead atoms. The van der Waals surface area contributed by atoms with Gasteiger partial charge in [-0.05, 0) is 221 Å². The van der Waals surface area contributed by atoms with E-state index in [-0.39, 0.29) is 83.1 Å². The van der Waals surface area contributed by atoms with Crippen LogP contribution in [0.2, 0.25) is 0 Å². The van der Waals surface area contributed by atoms with Crippen LogP contribution < -0.4 is 5.32 Å². The quantitative estimate of drug-likeness (QED) is 0.106. The van der Waals surface area contributed by atoms with Gasteiger partial charge in [-0.15, -0.1) is 0 Å². The van der Waals surface area contributed by atoms with E-state index in [4.69, 9.17) is 23.4 Å². The molecule has 2 aromatic rings. The molecule has 13 heteroatoms. The number of ketones is 1. The van der Waals surface area contributed by atoms with Crippen LogP contribution in [0.1, 0.15) is 165 Å². The maximum Gasteiger partial charge on any atom is 0.339 e. The Morgan fingerprint density at radius 3 is 2.55 bits per heavy atom. The predicted octanol–water partition coefficient (Wildman–Crippen LogP) is 9.75. The molecule has 1 aromatic carbocycles. The molecule has 1 aromatic heterocycles. The van der Waals surface area contributed by atoms with E-state index in [0.717, 1.165) is 109 Å². The molecule has 10 saturated carbocycles. The monoisotopic (exact) mass is 1160 g/mol. The van der Waals surface area contributed by atoms with Crippen LogP contribution >= 0.6 is 0 Å². The number of furan rings is 1. The number of cyclic esters (lactones) is 2. The first-order valence-corrected chi connectivity index (χ1v) is 34.4. The largest absolute Gasteiger partial charge is 0.469 e. The summed E-state index contributed by atoms with van der Waals surface area (Å²) >= 11 is 0. The van der Waals surface area contributed by atoms with Gasteiger partial charge in [0.25, 0.3) is 0 Å². The number of ether oxygens (including phenoxy) is 4. The number of nitrogens with one attached hydrogen (secondary N) is 1. The van der Waals surface area contributed by atoms with E-state index in [1.807, 2.05) is 6.07 Å². The molecule has 17 aliphatic rings. The van der Waals surface area contributed by atoms with Crippen molar-refractivity contribution in [2.24, 2.45) is 109 Å². The second-order valence-electron chi connectivity index (χ2n) is 32.8. The van der Waals surface area contributed by atoms with Crippen LogP contribution in [-0.2, 0) is 46.2 Å². The Morgan fingerprint density at radius 2 is 1.71 bits per heavy atom. The van der Waals surface area contributed by atoms with Crippen LogP contribution in [0.3, 0.4) is 0 Å². The normalized spacial score (nSPS) is 53.3. The lowest BCUT2D eigenvalue weighted by molar-refractivity contribution is -0.302. The summed E-state index contributed by atoms with van der Waals surface area (Å²) in [7, 11) is 0. The van der Waals surface area contributed by atoms with Crippen molar-refractivity contribution in [2.45, 2.75) is 202 Å². The molecule has 7 aliphatic heterocycles. The Morgan fingerprint density at radius 1 is 0.847 bits per heavy atom. The Hall–Kier alpha value is -3.85. The fraction of sp³-hybridized carbons (Fsp3) is 0.764. The first-order valence-electron chi connectivity index (χ1n) is 34.4. The number of epoxide rings is 1. The van der Waals surface area contributed by atoms with Gasteiger partial charge in [0.05, 0.1) is 48.5 Å². The van der Waals surface area contributed by atoms with E-state index >= 15 is 14.4 Å². The molecule has 10 aliphatic carbocycles. The SMILES string of the molecule is C[C@@]12C[C@@H]3[C@@H]4[C@@]56COC(=O)[C@H]7[C@@]89[C@H](CC[C@]8%10CCC8(CCCC8)[C@@H]%10CC[C@@H]39)CC3=CC[C@](C)(O[C@@]375)[C@H]6C(=O)[C@@H](O)[C@@]4([C@H]3CCC[C@@H](Cc4ccccc4)C3)[C@]13O[C@@H]3C(=O)O[C@H]2c1ccoc1C[C@@H]([C@@H]1CC[C@H]2[C@H](C=CN3CNC[C@@H]23)C1)[C@H](O)CO. The van der Waals surface area contributed by atoms with Crippen molar-refractivity contribution in [2.75, 3.05) is 26.4 Å². The van der Waals surface area contributed by atoms with Gasteiger partial charge in [-0.1, -0.05) is 75.1 Å². The summed E-state index contributed by atoms with van der Waals surface area (Å²) in [5, 5.41) is 41.3. The number of aliphatic hydroxyl groups excluding tert-OH is 3. The van der Waals surface area contributed by atoms with Crippen LogP contribution in [0.5, 0.6) is 0 Å². The van der Waals surface area contributed by atoms with Crippen molar-refractivity contribution in [1.29, 1.82) is 0 Å². The number of allylic oxidation sites excluding steroid dienone is 1. The summed E-state index contributed by atoms with van der Waals surface area (Å²) in [5.41, 5.74) is -3.79. The Kier molecular flexibility index (Phi) is 10.8. The molecule has 5 saturated heterocycles. The fourth-order valence-electron chi connectivity index (χ4n) is 29.1. The second kappa shape index (κ2) is 17.3. The topological polar surface area (TPSA) is 181 Å². The van der Waals surface area contributed by atoms with Gasteiger partial charge in [0.15, 0.2) is 11.9 Å². The molecule has 8 heterocycles. The average molecular weight is 1160 g/mol. The molecule has 15 fully saturated rings. The van der Waals surface area contributed by atoms with E-state index in [1.54, 1.807) is 6.26 Å². The van der Waals surface area contributed by atoms with Crippen molar-refractivity contribution in [3.63, 3.8) is 0 Å². The zero-order valence-electron chi connectivity index (χ0n) is 50.1. The molecule has 0 unspecified atom stereocenters. The number of rotatable bonds is 9. The highest BCUT2D eigenvalue weighted by atomic mass is 16.7. The number of esters is 2. The molecule has 0 radical (unpaired) electrons. The van der Waals surface area contributed by atoms with Crippen molar-refractivity contribution < 1.29 is 53.1 Å². The molecule has 454 valence electrons. The van der Waals surface area contributed by atoms with Crippen LogP contribution in [0.25, 0.3) is 0 Å². The van der Waals surface area contributed by atoms with Gasteiger partial charge in [0.1, 0.15) is 35.8 Å². The highest BCUT2D eigenvalue weighted by molar-refractivity contribution is 5.94. The van der Waals surface area contributed by atoms with Gasteiger partial charge in [-0.2, -0.15) is 0 Å². The van der Waals surface area contributed by atoms with Gasteiger partial charge in [-0.25, -0.2) is 4.79 Å². The lowest BCUT2D eigenvalue weighted by Gasteiger charge is -2.73. The minimum atomic E-state index is -1.49. The third-order valence-electron chi connectivity index (χ3n) is 30.9. The number of benzene rings is 1. The van der Waals surface area contributed by atoms with Gasteiger partial charge >= 0.3 is 11.9 Å². The van der Waals surface area contributed by atoms with Gasteiger partial charge in [0, 0.05) is 35.4 Å². The van der Waals surface area contributed by atoms with Crippen LogP contribution in [0, 0.1) is 109 Å². The first kappa shape index (κ1) is 53.0. The van der Waals surface area contributed by atoms with Crippen molar-refractivity contribution in [3.8, 4) is 0 Å². The summed E-state index contributed by atoms with van der Waals surface area (Å²) in [6.45, 7) is 6.03. The molecule has 0 amide bonds. The summed E-state index contributed by atoms with van der Waals surface area (Å²) in [5.74, 6) is -0.406. The van der Waals surface area contributed by atoms with Crippen molar-refractivity contribution in [3.05, 3.63) is 83.5 Å². The summed E-state index contributed by atoms with van der Waals surface area (Å²) in [4.78, 5) is 51.7. The molecule has 19 rings (SSSR count).